The molecule has 124 valence electrons. The molecule has 0 fully saturated rings. The van der Waals surface area contributed by atoms with E-state index in [0.29, 0.717) is 43.2 Å². The highest BCUT2D eigenvalue weighted by molar-refractivity contribution is 5.76. The van der Waals surface area contributed by atoms with Gasteiger partial charge in [0.15, 0.2) is 5.76 Å². The number of hydrogen-bond donors (Lipinski definition) is 2. The number of amides is 1. The molecule has 3 rings (SSSR count). The Morgan fingerprint density at radius 1 is 1.21 bits per heavy atom. The van der Waals surface area contributed by atoms with E-state index in [2.05, 4.69) is 20.5 Å². The highest BCUT2D eigenvalue weighted by Gasteiger charge is 2.08. The van der Waals surface area contributed by atoms with Crippen LogP contribution in [0.2, 0.25) is 0 Å². The smallest absolute Gasteiger partial charge is 0.220 e. The molecule has 24 heavy (non-hydrogen) atoms. The molecule has 2 aromatic heterocycles. The number of H-pyrrole nitrogens is 1. The van der Waals surface area contributed by atoms with Crippen molar-refractivity contribution in [1.82, 2.24) is 20.5 Å². The predicted octanol–water partition coefficient (Wildman–Crippen LogP) is 2.50. The minimum atomic E-state index is -0.274. The molecule has 3 aromatic rings. The number of nitrogens with zero attached hydrogens (tertiary/aromatic N) is 2. The van der Waals surface area contributed by atoms with E-state index in [1.54, 1.807) is 30.5 Å². The fourth-order valence-corrected chi connectivity index (χ4v) is 2.24. The Labute approximate surface area is 138 Å². The second kappa shape index (κ2) is 7.54. The zero-order chi connectivity index (χ0) is 16.8. The summed E-state index contributed by atoms with van der Waals surface area (Å²) >= 11 is 0. The van der Waals surface area contributed by atoms with Gasteiger partial charge < -0.3 is 9.73 Å². The fraction of sp³-hybridized carbons (Fsp3) is 0.235. The van der Waals surface area contributed by atoms with Crippen LogP contribution < -0.4 is 5.32 Å². The first-order valence-electron chi connectivity index (χ1n) is 7.67. The number of hydrogen-bond acceptors (Lipinski definition) is 4. The normalized spacial score (nSPS) is 10.7. The van der Waals surface area contributed by atoms with Gasteiger partial charge in [-0.05, 0) is 36.2 Å². The molecule has 1 amide bonds. The lowest BCUT2D eigenvalue weighted by atomic mass is 10.1. The van der Waals surface area contributed by atoms with Gasteiger partial charge in [0.05, 0.1) is 6.26 Å². The lowest BCUT2D eigenvalue weighted by molar-refractivity contribution is -0.121. The van der Waals surface area contributed by atoms with E-state index in [-0.39, 0.29) is 11.7 Å². The highest BCUT2D eigenvalue weighted by atomic mass is 19.1. The largest absolute Gasteiger partial charge is 0.461 e. The molecular formula is C17H17FN4O2. The predicted molar refractivity (Wildman–Crippen MR) is 85.5 cm³/mol. The van der Waals surface area contributed by atoms with Crippen LogP contribution in [-0.4, -0.2) is 27.6 Å². The molecule has 2 N–H and O–H groups in total. The fourth-order valence-electron chi connectivity index (χ4n) is 2.24. The second-order valence-corrected chi connectivity index (χ2v) is 5.31. The number of carbonyl (C=O) groups excluding carboxylic acids is 1. The standard InChI is InChI=1S/C17H17FN4O2/c18-13-6-3-12(4-7-13)5-8-16(23)19-10-9-15-20-17(22-21-15)14-2-1-11-24-14/h1-4,6-7,11H,5,8-10H2,(H,19,23)(H,20,21,22). The molecule has 0 aliphatic rings. The molecule has 0 radical (unpaired) electrons. The molecule has 0 aliphatic heterocycles. The van der Waals surface area contributed by atoms with E-state index < -0.39 is 0 Å². The first-order valence-corrected chi connectivity index (χ1v) is 7.67. The summed E-state index contributed by atoms with van der Waals surface area (Å²) < 4.78 is 18.0. The molecule has 0 aliphatic carbocycles. The average Bonchev–Trinajstić information content (AvgIpc) is 3.25. The molecular weight excluding hydrogens is 311 g/mol. The van der Waals surface area contributed by atoms with Crippen molar-refractivity contribution < 1.29 is 13.6 Å². The lowest BCUT2D eigenvalue weighted by Crippen LogP contribution is -2.26. The van der Waals surface area contributed by atoms with Gasteiger partial charge in [0, 0.05) is 19.4 Å². The quantitative estimate of drug-likeness (QED) is 0.698. The Morgan fingerprint density at radius 3 is 2.79 bits per heavy atom. The van der Waals surface area contributed by atoms with Crippen LogP contribution in [0.3, 0.4) is 0 Å². The average molecular weight is 328 g/mol. The Kier molecular flexibility index (Phi) is 5.00. The molecule has 0 spiro atoms. The van der Waals surface area contributed by atoms with Gasteiger partial charge >= 0.3 is 0 Å². The Balaban J connectivity index is 1.40. The summed E-state index contributed by atoms with van der Waals surface area (Å²) in [7, 11) is 0. The summed E-state index contributed by atoms with van der Waals surface area (Å²) in [5, 5.41) is 9.72. The number of furan rings is 1. The van der Waals surface area contributed by atoms with Crippen LogP contribution in [0, 0.1) is 5.82 Å². The molecule has 7 heteroatoms. The maximum atomic E-state index is 12.8. The molecule has 2 heterocycles. The van der Waals surface area contributed by atoms with Gasteiger partial charge in [0.2, 0.25) is 11.7 Å². The van der Waals surface area contributed by atoms with Gasteiger partial charge in [-0.15, -0.1) is 0 Å². The summed E-state index contributed by atoms with van der Waals surface area (Å²) in [6.07, 6.45) is 3.06. The lowest BCUT2D eigenvalue weighted by Gasteiger charge is -2.04. The number of aromatic amines is 1. The molecule has 0 unspecified atom stereocenters. The van der Waals surface area contributed by atoms with E-state index >= 15 is 0 Å². The van der Waals surface area contributed by atoms with Crippen molar-refractivity contribution in [2.45, 2.75) is 19.3 Å². The van der Waals surface area contributed by atoms with Crippen LogP contribution in [0.5, 0.6) is 0 Å². The van der Waals surface area contributed by atoms with Gasteiger partial charge in [-0.2, -0.15) is 5.10 Å². The van der Waals surface area contributed by atoms with Crippen LogP contribution in [0.15, 0.2) is 47.1 Å². The number of benzene rings is 1. The summed E-state index contributed by atoms with van der Waals surface area (Å²) in [5.41, 5.74) is 0.935. The first-order chi connectivity index (χ1) is 11.7. The van der Waals surface area contributed by atoms with Crippen LogP contribution in [-0.2, 0) is 17.6 Å². The van der Waals surface area contributed by atoms with Crippen molar-refractivity contribution in [3.05, 3.63) is 59.9 Å². The number of aryl methyl sites for hydroxylation is 1. The SMILES string of the molecule is O=C(CCc1ccc(F)cc1)NCCc1nc(-c2ccco2)n[nH]1. The molecule has 6 nitrogen and oxygen atoms in total. The topological polar surface area (TPSA) is 83.8 Å². The number of carbonyl (C=O) groups is 1. The highest BCUT2D eigenvalue weighted by Crippen LogP contribution is 2.14. The maximum Gasteiger partial charge on any atom is 0.220 e. The minimum Gasteiger partial charge on any atom is -0.461 e. The van der Waals surface area contributed by atoms with Crippen LogP contribution in [0.25, 0.3) is 11.6 Å². The number of halogens is 1. The monoisotopic (exact) mass is 328 g/mol. The van der Waals surface area contributed by atoms with E-state index in [1.165, 1.54) is 12.1 Å². The summed E-state index contributed by atoms with van der Waals surface area (Å²) in [6.45, 7) is 0.467. The van der Waals surface area contributed by atoms with Gasteiger partial charge in [0.25, 0.3) is 0 Å². The summed E-state index contributed by atoms with van der Waals surface area (Å²) in [4.78, 5) is 16.1. The van der Waals surface area contributed by atoms with Gasteiger partial charge in [0.1, 0.15) is 11.6 Å². The molecule has 1 aromatic carbocycles. The van der Waals surface area contributed by atoms with E-state index in [9.17, 15) is 9.18 Å². The van der Waals surface area contributed by atoms with Gasteiger partial charge in [-0.1, -0.05) is 12.1 Å². The van der Waals surface area contributed by atoms with Crippen molar-refractivity contribution >= 4 is 5.91 Å². The second-order valence-electron chi connectivity index (χ2n) is 5.31. The maximum absolute atomic E-state index is 12.8. The first kappa shape index (κ1) is 15.9. The zero-order valence-electron chi connectivity index (χ0n) is 13.0. The minimum absolute atomic E-state index is 0.0508. The van der Waals surface area contributed by atoms with Crippen LogP contribution >= 0.6 is 0 Å². The number of rotatable bonds is 7. The van der Waals surface area contributed by atoms with Gasteiger partial charge in [-0.25, -0.2) is 9.37 Å². The van der Waals surface area contributed by atoms with Crippen molar-refractivity contribution in [3.8, 4) is 11.6 Å². The third-order valence-corrected chi connectivity index (χ3v) is 3.51. The van der Waals surface area contributed by atoms with E-state index in [4.69, 9.17) is 4.42 Å². The molecule has 0 atom stereocenters. The Morgan fingerprint density at radius 2 is 2.04 bits per heavy atom. The number of nitrogens with one attached hydrogen (secondary N) is 2. The Bertz CT molecular complexity index is 781. The Hall–Kier alpha value is -2.96. The molecule has 0 saturated carbocycles. The van der Waals surface area contributed by atoms with Crippen molar-refractivity contribution in [2.24, 2.45) is 0 Å². The van der Waals surface area contributed by atoms with Crippen molar-refractivity contribution in [2.75, 3.05) is 6.54 Å². The van der Waals surface area contributed by atoms with E-state index in [0.717, 1.165) is 5.56 Å². The van der Waals surface area contributed by atoms with Gasteiger partial charge in [-0.3, -0.25) is 9.89 Å². The molecule has 0 saturated heterocycles. The summed E-state index contributed by atoms with van der Waals surface area (Å²) in [5.74, 6) is 1.45. The van der Waals surface area contributed by atoms with Crippen molar-refractivity contribution in [1.29, 1.82) is 0 Å². The van der Waals surface area contributed by atoms with E-state index in [1.807, 2.05) is 0 Å². The third kappa shape index (κ3) is 4.28. The number of aromatic nitrogens is 3. The van der Waals surface area contributed by atoms with Crippen LogP contribution in [0.4, 0.5) is 4.39 Å². The molecule has 0 bridgehead atoms. The third-order valence-electron chi connectivity index (χ3n) is 3.51. The summed E-state index contributed by atoms with van der Waals surface area (Å²) in [6, 6.07) is 9.72. The zero-order valence-corrected chi connectivity index (χ0v) is 13.0. The van der Waals surface area contributed by atoms with Crippen molar-refractivity contribution in [3.63, 3.8) is 0 Å². The van der Waals surface area contributed by atoms with Crippen LogP contribution in [0.1, 0.15) is 17.8 Å².